The van der Waals surface area contributed by atoms with Crippen LogP contribution in [-0.4, -0.2) is 34.8 Å². The monoisotopic (exact) mass is 383 g/mol. The van der Waals surface area contributed by atoms with Gasteiger partial charge in [-0.05, 0) is 68.4 Å². The summed E-state index contributed by atoms with van der Waals surface area (Å²) in [6, 6.07) is 10.1. The van der Waals surface area contributed by atoms with Gasteiger partial charge in [0.2, 0.25) is 5.91 Å². The lowest BCUT2D eigenvalue weighted by Crippen LogP contribution is -2.39. The Hall–Kier alpha value is -2.08. The molecule has 0 saturated heterocycles. The third kappa shape index (κ3) is 4.26. The number of thioether (sulfide) groups is 1. The first kappa shape index (κ1) is 18.3. The Morgan fingerprint density at radius 2 is 2.04 bits per heavy atom. The van der Waals surface area contributed by atoms with E-state index in [0.29, 0.717) is 22.9 Å². The molecule has 1 aromatic carbocycles. The van der Waals surface area contributed by atoms with E-state index >= 15 is 0 Å². The molecule has 0 spiro atoms. The third-order valence-corrected chi connectivity index (χ3v) is 6.48. The Balaban J connectivity index is 1.38. The number of carbonyl (C=O) groups is 1. The van der Waals surface area contributed by atoms with Gasteiger partial charge in [-0.15, -0.1) is 0 Å². The summed E-state index contributed by atoms with van der Waals surface area (Å²) in [7, 11) is 1.65. The summed E-state index contributed by atoms with van der Waals surface area (Å²) < 4.78 is 5.21. The van der Waals surface area contributed by atoms with Gasteiger partial charge in [0.15, 0.2) is 5.16 Å². The lowest BCUT2D eigenvalue weighted by atomic mass is 9.95. The van der Waals surface area contributed by atoms with Crippen LogP contribution < -0.4 is 10.1 Å². The number of aromatic nitrogens is 2. The molecule has 27 heavy (non-hydrogen) atoms. The molecule has 2 fully saturated rings. The number of benzene rings is 1. The van der Waals surface area contributed by atoms with Crippen molar-refractivity contribution in [3.63, 3.8) is 0 Å². The molecule has 5 nitrogen and oxygen atoms in total. The van der Waals surface area contributed by atoms with Crippen molar-refractivity contribution in [1.82, 2.24) is 15.3 Å². The quantitative estimate of drug-likeness (QED) is 0.606. The molecule has 1 heterocycles. The Kier molecular flexibility index (Phi) is 5.34. The predicted octanol–water partition coefficient (Wildman–Crippen LogP) is 3.86. The maximum Gasteiger partial charge on any atom is 0.230 e. The molecule has 2 bridgehead atoms. The normalized spacial score (nSPS) is 23.4. The Morgan fingerprint density at radius 1 is 1.22 bits per heavy atom. The molecule has 4 rings (SSSR count). The first-order chi connectivity index (χ1) is 13.1. The lowest BCUT2D eigenvalue weighted by Gasteiger charge is -2.22. The lowest BCUT2D eigenvalue weighted by molar-refractivity contribution is -0.119. The maximum absolute atomic E-state index is 12.4. The highest BCUT2D eigenvalue weighted by Gasteiger charge is 2.39. The Morgan fingerprint density at radius 3 is 2.70 bits per heavy atom. The second-order valence-electron chi connectivity index (χ2n) is 7.54. The Bertz CT molecular complexity index is 825. The van der Waals surface area contributed by atoms with Gasteiger partial charge in [-0.2, -0.15) is 0 Å². The van der Waals surface area contributed by atoms with Crippen LogP contribution in [-0.2, 0) is 4.79 Å². The van der Waals surface area contributed by atoms with Crippen LogP contribution in [0.4, 0.5) is 0 Å². The zero-order valence-corrected chi connectivity index (χ0v) is 16.6. The van der Waals surface area contributed by atoms with Crippen molar-refractivity contribution in [3.8, 4) is 17.0 Å². The standard InChI is InChI=1S/C21H25N3O2S/c1-13-9-18(15-5-7-17(26-2)8-6-15)24-21(22-13)27-12-20(25)23-19-11-14-3-4-16(19)10-14/h5-9,14,16,19H,3-4,10-12H2,1-2H3,(H,23,25). The topological polar surface area (TPSA) is 64.1 Å². The third-order valence-electron chi connectivity index (χ3n) is 5.64. The van der Waals surface area contributed by atoms with Crippen molar-refractivity contribution in [1.29, 1.82) is 0 Å². The van der Waals surface area contributed by atoms with Gasteiger partial charge in [0, 0.05) is 17.3 Å². The van der Waals surface area contributed by atoms with Crippen LogP contribution in [0.15, 0.2) is 35.5 Å². The van der Waals surface area contributed by atoms with E-state index in [1.54, 1.807) is 7.11 Å². The second kappa shape index (κ2) is 7.89. The van der Waals surface area contributed by atoms with Crippen molar-refractivity contribution in [2.45, 2.75) is 43.8 Å². The van der Waals surface area contributed by atoms with E-state index in [0.717, 1.165) is 35.0 Å². The zero-order chi connectivity index (χ0) is 18.8. The number of fused-ring (bicyclic) bond motifs is 2. The number of rotatable bonds is 6. The number of carbonyl (C=O) groups excluding carboxylic acids is 1. The van der Waals surface area contributed by atoms with Crippen LogP contribution >= 0.6 is 11.8 Å². The zero-order valence-electron chi connectivity index (χ0n) is 15.8. The minimum Gasteiger partial charge on any atom is -0.497 e. The van der Waals surface area contributed by atoms with E-state index in [2.05, 4.69) is 15.3 Å². The highest BCUT2D eigenvalue weighted by Crippen LogP contribution is 2.44. The van der Waals surface area contributed by atoms with Crippen molar-refractivity contribution in [2.75, 3.05) is 12.9 Å². The van der Waals surface area contributed by atoms with Crippen LogP contribution in [0, 0.1) is 18.8 Å². The molecule has 6 heteroatoms. The van der Waals surface area contributed by atoms with Crippen LogP contribution in [0.1, 0.15) is 31.4 Å². The van der Waals surface area contributed by atoms with Crippen molar-refractivity contribution in [3.05, 3.63) is 36.0 Å². The number of methoxy groups -OCH3 is 1. The van der Waals surface area contributed by atoms with Gasteiger partial charge in [-0.1, -0.05) is 18.2 Å². The second-order valence-corrected chi connectivity index (χ2v) is 8.49. The van der Waals surface area contributed by atoms with Gasteiger partial charge in [-0.25, -0.2) is 9.97 Å². The van der Waals surface area contributed by atoms with Crippen molar-refractivity contribution in [2.24, 2.45) is 11.8 Å². The molecule has 2 aliphatic carbocycles. The maximum atomic E-state index is 12.4. The average molecular weight is 384 g/mol. The predicted molar refractivity (Wildman–Crippen MR) is 107 cm³/mol. The van der Waals surface area contributed by atoms with Crippen LogP contribution in [0.25, 0.3) is 11.3 Å². The molecule has 3 unspecified atom stereocenters. The Labute approximate surface area is 164 Å². The summed E-state index contributed by atoms with van der Waals surface area (Å²) in [5.74, 6) is 2.80. The summed E-state index contributed by atoms with van der Waals surface area (Å²) in [4.78, 5) is 21.5. The molecular weight excluding hydrogens is 358 g/mol. The summed E-state index contributed by atoms with van der Waals surface area (Å²) in [6.07, 6.45) is 5.07. The molecule has 1 amide bonds. The minimum absolute atomic E-state index is 0.0913. The molecule has 0 aliphatic heterocycles. The molecule has 0 radical (unpaired) electrons. The van der Waals surface area contributed by atoms with E-state index in [1.165, 1.54) is 31.0 Å². The molecule has 142 valence electrons. The van der Waals surface area contributed by atoms with Gasteiger partial charge in [0.25, 0.3) is 0 Å². The summed E-state index contributed by atoms with van der Waals surface area (Å²) in [6.45, 7) is 1.95. The molecule has 1 N–H and O–H groups in total. The first-order valence-corrected chi connectivity index (χ1v) is 10.5. The number of amides is 1. The summed E-state index contributed by atoms with van der Waals surface area (Å²) in [5, 5.41) is 3.87. The van der Waals surface area contributed by atoms with Gasteiger partial charge in [-0.3, -0.25) is 4.79 Å². The number of hydrogen-bond donors (Lipinski definition) is 1. The van der Waals surface area contributed by atoms with Crippen LogP contribution in [0.2, 0.25) is 0 Å². The fraction of sp³-hybridized carbons (Fsp3) is 0.476. The van der Waals surface area contributed by atoms with E-state index in [1.807, 2.05) is 37.3 Å². The number of aryl methyl sites for hydroxylation is 1. The van der Waals surface area contributed by atoms with Crippen molar-refractivity contribution < 1.29 is 9.53 Å². The fourth-order valence-electron chi connectivity index (χ4n) is 4.32. The number of nitrogens with one attached hydrogen (secondary N) is 1. The molecule has 1 aromatic heterocycles. The van der Waals surface area contributed by atoms with E-state index in [-0.39, 0.29) is 5.91 Å². The summed E-state index contributed by atoms with van der Waals surface area (Å²) >= 11 is 1.40. The number of nitrogens with zero attached hydrogens (tertiary/aromatic N) is 2. The largest absolute Gasteiger partial charge is 0.497 e. The average Bonchev–Trinajstić information content (AvgIpc) is 3.29. The first-order valence-electron chi connectivity index (χ1n) is 9.53. The van der Waals surface area contributed by atoms with E-state index < -0.39 is 0 Å². The van der Waals surface area contributed by atoms with Gasteiger partial charge >= 0.3 is 0 Å². The molecule has 2 aromatic rings. The minimum atomic E-state index is 0.0913. The molecular formula is C21H25N3O2S. The van der Waals surface area contributed by atoms with Gasteiger partial charge in [0.1, 0.15) is 5.75 Å². The van der Waals surface area contributed by atoms with E-state index in [9.17, 15) is 4.79 Å². The molecule has 3 atom stereocenters. The fourth-order valence-corrected chi connectivity index (χ4v) is 5.03. The highest BCUT2D eigenvalue weighted by atomic mass is 32.2. The number of hydrogen-bond acceptors (Lipinski definition) is 5. The van der Waals surface area contributed by atoms with Crippen molar-refractivity contribution >= 4 is 17.7 Å². The summed E-state index contributed by atoms with van der Waals surface area (Å²) in [5.41, 5.74) is 2.77. The van der Waals surface area contributed by atoms with E-state index in [4.69, 9.17) is 4.74 Å². The molecule has 2 saturated carbocycles. The smallest absolute Gasteiger partial charge is 0.230 e. The highest BCUT2D eigenvalue weighted by molar-refractivity contribution is 7.99. The SMILES string of the molecule is COc1ccc(-c2cc(C)nc(SCC(=O)NC3CC4CCC3C4)n2)cc1. The van der Waals surface area contributed by atoms with Gasteiger partial charge < -0.3 is 10.1 Å². The van der Waals surface area contributed by atoms with Crippen LogP contribution in [0.3, 0.4) is 0 Å². The van der Waals surface area contributed by atoms with Crippen LogP contribution in [0.5, 0.6) is 5.75 Å². The molecule has 2 aliphatic rings. The number of ether oxygens (including phenoxy) is 1. The van der Waals surface area contributed by atoms with Gasteiger partial charge in [0.05, 0.1) is 18.6 Å².